The molecule has 6 heteroatoms. The maximum absolute atomic E-state index is 12.3. The molecule has 0 amide bonds. The minimum absolute atomic E-state index is 0.138. The molecule has 120 valence electrons. The highest BCUT2D eigenvalue weighted by Crippen LogP contribution is 2.33. The number of aromatic nitrogens is 2. The Morgan fingerprint density at radius 2 is 2.08 bits per heavy atom. The zero-order chi connectivity index (χ0) is 16.7. The Morgan fingerprint density at radius 3 is 2.92 bits per heavy atom. The molecule has 5 nitrogen and oxygen atoms in total. The lowest BCUT2D eigenvalue weighted by Gasteiger charge is -2.27. The van der Waals surface area contributed by atoms with Crippen molar-refractivity contribution in [2.24, 2.45) is 0 Å². The fourth-order valence-electron chi connectivity index (χ4n) is 2.73. The fraction of sp³-hybridized carbons (Fsp3) is 0.167. The Kier molecular flexibility index (Phi) is 3.54. The van der Waals surface area contributed by atoms with Gasteiger partial charge in [0.25, 0.3) is 5.56 Å². The van der Waals surface area contributed by atoms with E-state index in [-0.39, 0.29) is 11.6 Å². The molecule has 0 aliphatic carbocycles. The number of fused-ring (bicyclic) bond motifs is 2. The Labute approximate surface area is 142 Å². The largest absolute Gasteiger partial charge is 0.464 e. The van der Waals surface area contributed by atoms with Gasteiger partial charge < -0.3 is 9.32 Å². The van der Waals surface area contributed by atoms with E-state index >= 15 is 0 Å². The number of rotatable bonds is 3. The molecule has 0 aliphatic rings. The molecule has 0 unspecified atom stereocenters. The van der Waals surface area contributed by atoms with Crippen LogP contribution in [0.1, 0.15) is 13.8 Å². The predicted molar refractivity (Wildman–Crippen MR) is 97.2 cm³/mol. The molecule has 0 saturated carbocycles. The predicted octanol–water partition coefficient (Wildman–Crippen LogP) is 4.34. The Balaban J connectivity index is 1.90. The zero-order valence-corrected chi connectivity index (χ0v) is 14.1. The second-order valence-corrected chi connectivity index (χ2v) is 6.72. The first-order chi connectivity index (χ1) is 11.6. The molecular weight excluding hydrogens is 322 g/mol. The van der Waals surface area contributed by atoms with Gasteiger partial charge in [-0.2, -0.15) is 4.98 Å². The molecule has 0 saturated heterocycles. The van der Waals surface area contributed by atoms with Gasteiger partial charge >= 0.3 is 0 Å². The van der Waals surface area contributed by atoms with E-state index in [1.165, 1.54) is 11.3 Å². The van der Waals surface area contributed by atoms with Crippen LogP contribution in [0.25, 0.3) is 21.2 Å². The third-order valence-electron chi connectivity index (χ3n) is 3.82. The molecule has 4 aromatic rings. The van der Waals surface area contributed by atoms with Crippen molar-refractivity contribution in [1.82, 2.24) is 9.97 Å². The molecule has 0 atom stereocenters. The third-order valence-corrected chi connectivity index (χ3v) is 4.81. The topological polar surface area (TPSA) is 59.2 Å². The fourth-order valence-corrected chi connectivity index (χ4v) is 3.82. The number of furan rings is 1. The quantitative estimate of drug-likeness (QED) is 0.556. The molecule has 0 bridgehead atoms. The van der Waals surface area contributed by atoms with Crippen molar-refractivity contribution in [3.63, 3.8) is 0 Å². The first-order valence-electron chi connectivity index (χ1n) is 7.66. The van der Waals surface area contributed by atoms with Crippen LogP contribution >= 0.6 is 11.3 Å². The van der Waals surface area contributed by atoms with Gasteiger partial charge in [-0.1, -0.05) is 11.3 Å². The van der Waals surface area contributed by atoms with Crippen molar-refractivity contribution in [3.05, 3.63) is 59.2 Å². The first-order valence-corrected chi connectivity index (χ1v) is 8.47. The molecule has 1 aromatic carbocycles. The second kappa shape index (κ2) is 5.72. The van der Waals surface area contributed by atoms with Gasteiger partial charge in [0.05, 0.1) is 11.6 Å². The number of hydrogen-bond donors (Lipinski definition) is 0. The monoisotopic (exact) mass is 337 g/mol. The summed E-state index contributed by atoms with van der Waals surface area (Å²) >= 11 is 1.42. The highest BCUT2D eigenvalue weighted by molar-refractivity contribution is 7.21. The number of benzene rings is 1. The van der Waals surface area contributed by atoms with Crippen molar-refractivity contribution in [1.29, 1.82) is 0 Å². The SMILES string of the molecule is CC(C)N(c1ccc2occc2c1)c1nc(=O)c2cccnc2s1. The van der Waals surface area contributed by atoms with Gasteiger partial charge in [-0.05, 0) is 50.2 Å². The summed E-state index contributed by atoms with van der Waals surface area (Å²) in [5, 5.41) is 2.22. The number of anilines is 2. The van der Waals surface area contributed by atoms with Crippen LogP contribution < -0.4 is 10.5 Å². The van der Waals surface area contributed by atoms with Gasteiger partial charge in [0, 0.05) is 23.3 Å². The van der Waals surface area contributed by atoms with Crippen LogP contribution in [-0.2, 0) is 0 Å². The summed E-state index contributed by atoms with van der Waals surface area (Å²) in [6.07, 6.45) is 3.37. The lowest BCUT2D eigenvalue weighted by molar-refractivity contribution is 0.616. The van der Waals surface area contributed by atoms with Gasteiger partial charge in [-0.15, -0.1) is 0 Å². The molecule has 4 rings (SSSR count). The maximum atomic E-state index is 12.3. The Bertz CT molecular complexity index is 1080. The molecule has 3 heterocycles. The summed E-state index contributed by atoms with van der Waals surface area (Å²) in [5.74, 6) is 0. The molecule has 0 N–H and O–H groups in total. The van der Waals surface area contributed by atoms with Crippen molar-refractivity contribution in [2.45, 2.75) is 19.9 Å². The summed E-state index contributed by atoms with van der Waals surface area (Å²) in [5.41, 5.74) is 1.56. The van der Waals surface area contributed by atoms with Gasteiger partial charge in [-0.3, -0.25) is 4.79 Å². The molecule has 0 spiro atoms. The highest BCUT2D eigenvalue weighted by Gasteiger charge is 2.18. The standard InChI is InChI=1S/C18H15N3O2S/c1-11(2)21(13-5-6-15-12(10-13)7-9-23-15)18-20-16(22)14-4-3-8-19-17(14)24-18/h3-11H,1-2H3. The van der Waals surface area contributed by atoms with Crippen LogP contribution in [0.4, 0.5) is 10.8 Å². The van der Waals surface area contributed by atoms with E-state index in [4.69, 9.17) is 4.42 Å². The summed E-state index contributed by atoms with van der Waals surface area (Å²) in [6, 6.07) is 11.5. The zero-order valence-electron chi connectivity index (χ0n) is 13.3. The first kappa shape index (κ1) is 14.8. The Morgan fingerprint density at radius 1 is 1.21 bits per heavy atom. The normalized spacial score (nSPS) is 11.5. The highest BCUT2D eigenvalue weighted by atomic mass is 32.1. The average molecular weight is 337 g/mol. The van der Waals surface area contributed by atoms with Crippen LogP contribution in [-0.4, -0.2) is 16.0 Å². The van der Waals surface area contributed by atoms with E-state index in [0.29, 0.717) is 15.3 Å². The number of hydrogen-bond acceptors (Lipinski definition) is 6. The van der Waals surface area contributed by atoms with Crippen molar-refractivity contribution >= 4 is 43.3 Å². The minimum Gasteiger partial charge on any atom is -0.464 e. The van der Waals surface area contributed by atoms with Gasteiger partial charge in [0.2, 0.25) is 0 Å². The second-order valence-electron chi connectivity index (χ2n) is 5.76. The lowest BCUT2D eigenvalue weighted by atomic mass is 10.2. The van der Waals surface area contributed by atoms with Gasteiger partial charge in [0.1, 0.15) is 10.4 Å². The summed E-state index contributed by atoms with van der Waals surface area (Å²) in [7, 11) is 0. The van der Waals surface area contributed by atoms with E-state index in [1.807, 2.05) is 29.2 Å². The van der Waals surface area contributed by atoms with Crippen LogP contribution in [0.2, 0.25) is 0 Å². The van der Waals surface area contributed by atoms with Crippen LogP contribution in [0, 0.1) is 0 Å². The van der Waals surface area contributed by atoms with Gasteiger partial charge in [-0.25, -0.2) is 4.98 Å². The lowest BCUT2D eigenvalue weighted by Crippen LogP contribution is -2.27. The number of pyridine rings is 1. The molecular formula is C18H15N3O2S. The summed E-state index contributed by atoms with van der Waals surface area (Å²) in [4.78, 5) is 23.7. The maximum Gasteiger partial charge on any atom is 0.282 e. The minimum atomic E-state index is -0.248. The van der Waals surface area contributed by atoms with Crippen molar-refractivity contribution in [2.75, 3.05) is 4.90 Å². The average Bonchev–Trinajstić information content (AvgIpc) is 3.02. The van der Waals surface area contributed by atoms with Crippen LogP contribution in [0.5, 0.6) is 0 Å². The van der Waals surface area contributed by atoms with E-state index < -0.39 is 0 Å². The molecule has 24 heavy (non-hydrogen) atoms. The summed E-state index contributed by atoms with van der Waals surface area (Å²) < 4.78 is 5.40. The Hall–Kier alpha value is -2.73. The van der Waals surface area contributed by atoms with E-state index in [0.717, 1.165) is 16.7 Å². The molecule has 0 fully saturated rings. The smallest absolute Gasteiger partial charge is 0.282 e. The van der Waals surface area contributed by atoms with E-state index in [9.17, 15) is 4.79 Å². The van der Waals surface area contributed by atoms with Crippen molar-refractivity contribution < 1.29 is 4.42 Å². The van der Waals surface area contributed by atoms with Gasteiger partial charge in [0.15, 0.2) is 5.13 Å². The molecule has 3 aromatic heterocycles. The van der Waals surface area contributed by atoms with E-state index in [2.05, 4.69) is 23.8 Å². The van der Waals surface area contributed by atoms with Crippen LogP contribution in [0.3, 0.4) is 0 Å². The van der Waals surface area contributed by atoms with Crippen LogP contribution in [0.15, 0.2) is 58.1 Å². The van der Waals surface area contributed by atoms with Crippen molar-refractivity contribution in [3.8, 4) is 0 Å². The summed E-state index contributed by atoms with van der Waals surface area (Å²) in [6.45, 7) is 4.14. The molecule has 0 aliphatic heterocycles. The number of nitrogens with zero attached hydrogens (tertiary/aromatic N) is 3. The third kappa shape index (κ3) is 2.45. The van der Waals surface area contributed by atoms with E-state index in [1.54, 1.807) is 24.6 Å². The molecule has 0 radical (unpaired) electrons.